The Morgan fingerprint density at radius 2 is 2.21 bits per heavy atom. The van der Waals surface area contributed by atoms with Crippen LogP contribution in [-0.4, -0.2) is 57.0 Å². The van der Waals surface area contributed by atoms with E-state index in [-0.39, 0.29) is 6.04 Å². The molecule has 7 heteroatoms. The molecule has 130 valence electrons. The molecule has 1 fully saturated rings. The lowest BCUT2D eigenvalue weighted by Crippen LogP contribution is -2.39. The fourth-order valence-corrected chi connectivity index (χ4v) is 3.36. The molecule has 0 aliphatic carbocycles. The summed E-state index contributed by atoms with van der Waals surface area (Å²) >= 11 is 0. The Hall–Kier alpha value is -2.02. The van der Waals surface area contributed by atoms with Crippen molar-refractivity contribution in [1.82, 2.24) is 24.6 Å². The Morgan fingerprint density at radius 1 is 1.38 bits per heavy atom. The largest absolute Gasteiger partial charge is 0.348 e. The molecule has 0 N–H and O–H groups in total. The molecule has 3 heterocycles. The van der Waals surface area contributed by atoms with Crippen LogP contribution in [0.1, 0.15) is 32.1 Å². The summed E-state index contributed by atoms with van der Waals surface area (Å²) in [5.41, 5.74) is 0. The van der Waals surface area contributed by atoms with Gasteiger partial charge in [-0.1, -0.05) is 0 Å². The van der Waals surface area contributed by atoms with Gasteiger partial charge in [0.25, 0.3) is 0 Å². The van der Waals surface area contributed by atoms with Gasteiger partial charge in [-0.2, -0.15) is 5.10 Å². The fourth-order valence-electron chi connectivity index (χ4n) is 3.36. The molecule has 3 rings (SSSR count). The normalized spacial score (nSPS) is 21.2. The van der Waals surface area contributed by atoms with E-state index in [1.54, 1.807) is 6.20 Å². The van der Waals surface area contributed by atoms with Gasteiger partial charge in [-0.25, -0.2) is 9.37 Å². The summed E-state index contributed by atoms with van der Waals surface area (Å²) in [5, 5.41) is 8.06. The van der Waals surface area contributed by atoms with Gasteiger partial charge in [-0.05, 0) is 33.0 Å². The minimum absolute atomic E-state index is 0.101. The Labute approximate surface area is 142 Å². The van der Waals surface area contributed by atoms with E-state index in [0.717, 1.165) is 24.7 Å². The summed E-state index contributed by atoms with van der Waals surface area (Å²) in [7, 11) is 2.06. The van der Waals surface area contributed by atoms with Crippen LogP contribution in [0.3, 0.4) is 0 Å². The lowest BCUT2D eigenvalue weighted by atomic mass is 10.2. The summed E-state index contributed by atoms with van der Waals surface area (Å²) in [6.45, 7) is 6.18. The number of hydrogen-bond acceptors (Lipinski definition) is 5. The molecule has 6 nitrogen and oxygen atoms in total. The van der Waals surface area contributed by atoms with Crippen LogP contribution in [0.4, 0.5) is 10.2 Å². The van der Waals surface area contributed by atoms with Crippen molar-refractivity contribution in [2.45, 2.75) is 45.1 Å². The van der Waals surface area contributed by atoms with E-state index in [1.165, 1.54) is 0 Å². The van der Waals surface area contributed by atoms with Crippen LogP contribution in [0.5, 0.6) is 0 Å². The first-order valence-corrected chi connectivity index (χ1v) is 8.43. The van der Waals surface area contributed by atoms with Gasteiger partial charge in [0.05, 0.1) is 13.1 Å². The van der Waals surface area contributed by atoms with E-state index >= 15 is 0 Å². The molecule has 0 unspecified atom stereocenters. The fraction of sp³-hybridized carbons (Fsp3) is 0.588. The van der Waals surface area contributed by atoms with Gasteiger partial charge >= 0.3 is 0 Å². The highest BCUT2D eigenvalue weighted by atomic mass is 19.1. The zero-order chi connectivity index (χ0) is 17.1. The Morgan fingerprint density at radius 3 is 2.92 bits per heavy atom. The Bertz CT molecular complexity index is 644. The molecule has 0 radical (unpaired) electrons. The molecular weight excluding hydrogens is 307 g/mol. The van der Waals surface area contributed by atoms with Crippen LogP contribution in [0.15, 0.2) is 30.7 Å². The summed E-state index contributed by atoms with van der Waals surface area (Å²) < 4.78 is 16.2. The van der Waals surface area contributed by atoms with E-state index in [9.17, 15) is 4.39 Å². The Balaban J connectivity index is 1.66. The van der Waals surface area contributed by atoms with Gasteiger partial charge < -0.3 is 9.47 Å². The van der Waals surface area contributed by atoms with Crippen molar-refractivity contribution in [2.24, 2.45) is 0 Å². The van der Waals surface area contributed by atoms with Crippen molar-refractivity contribution in [3.63, 3.8) is 0 Å². The van der Waals surface area contributed by atoms with Gasteiger partial charge in [0.15, 0.2) is 5.82 Å². The van der Waals surface area contributed by atoms with Crippen LogP contribution in [0.25, 0.3) is 0 Å². The molecule has 0 saturated carbocycles. The molecule has 1 aliphatic heterocycles. The highest BCUT2D eigenvalue weighted by molar-refractivity contribution is 5.40. The maximum atomic E-state index is 14.0. The summed E-state index contributed by atoms with van der Waals surface area (Å²) in [5.74, 6) is 1.79. The number of nitrogens with zero attached hydrogens (tertiary/aromatic N) is 6. The van der Waals surface area contributed by atoms with Gasteiger partial charge in [-0.3, -0.25) is 4.90 Å². The number of alkyl halides is 1. The smallest absolute Gasteiger partial charge is 0.151 e. The predicted molar refractivity (Wildman–Crippen MR) is 91.6 cm³/mol. The number of halogens is 1. The van der Waals surface area contributed by atoms with E-state index < -0.39 is 6.17 Å². The van der Waals surface area contributed by atoms with E-state index in [4.69, 9.17) is 0 Å². The van der Waals surface area contributed by atoms with Crippen LogP contribution in [0, 0.1) is 0 Å². The van der Waals surface area contributed by atoms with Crippen molar-refractivity contribution in [2.75, 3.05) is 25.0 Å². The van der Waals surface area contributed by atoms with Crippen LogP contribution < -0.4 is 4.90 Å². The second-order valence-electron chi connectivity index (χ2n) is 6.76. The van der Waals surface area contributed by atoms with Crippen LogP contribution in [-0.2, 0) is 6.54 Å². The number of aromatic nitrogens is 4. The number of imidazole rings is 1. The lowest BCUT2D eigenvalue weighted by molar-refractivity contribution is 0.278. The topological polar surface area (TPSA) is 50.1 Å². The Kier molecular flexibility index (Phi) is 5.08. The van der Waals surface area contributed by atoms with Gasteiger partial charge in [0.2, 0.25) is 0 Å². The molecule has 1 aliphatic rings. The van der Waals surface area contributed by atoms with Crippen LogP contribution in [0.2, 0.25) is 0 Å². The summed E-state index contributed by atoms with van der Waals surface area (Å²) in [6.07, 6.45) is 5.19. The average Bonchev–Trinajstić information content (AvgIpc) is 3.14. The third kappa shape index (κ3) is 3.72. The second kappa shape index (κ2) is 7.25. The molecule has 1 saturated heterocycles. The summed E-state index contributed by atoms with van der Waals surface area (Å²) in [6, 6.07) is 4.22. The predicted octanol–water partition coefficient (Wildman–Crippen LogP) is 2.30. The van der Waals surface area contributed by atoms with Crippen molar-refractivity contribution in [3.05, 3.63) is 36.5 Å². The van der Waals surface area contributed by atoms with Crippen LogP contribution >= 0.6 is 0 Å². The first kappa shape index (κ1) is 16.8. The number of anilines is 1. The standard InChI is InChI=1S/C17H25FN6/c1-13(2)23-8-7-19-17(23)12-22(3)11-15-9-14(18)10-24(15)16-5-4-6-20-21-16/h4-8,13-15H,9-12H2,1-3H3/t14-,15-/m0/s1. The number of hydrogen-bond donors (Lipinski definition) is 0. The maximum absolute atomic E-state index is 14.0. The van der Waals surface area contributed by atoms with Crippen molar-refractivity contribution >= 4 is 5.82 Å². The monoisotopic (exact) mass is 332 g/mol. The quantitative estimate of drug-likeness (QED) is 0.812. The molecule has 2 aromatic heterocycles. The van der Waals surface area contributed by atoms with E-state index in [0.29, 0.717) is 19.0 Å². The van der Waals surface area contributed by atoms with Gasteiger partial charge in [0.1, 0.15) is 12.0 Å². The third-order valence-corrected chi connectivity index (χ3v) is 4.45. The minimum atomic E-state index is -0.817. The highest BCUT2D eigenvalue weighted by Crippen LogP contribution is 2.26. The van der Waals surface area contributed by atoms with Crippen molar-refractivity contribution in [3.8, 4) is 0 Å². The molecule has 2 atom stereocenters. The third-order valence-electron chi connectivity index (χ3n) is 4.45. The average molecular weight is 332 g/mol. The zero-order valence-corrected chi connectivity index (χ0v) is 14.5. The molecule has 0 spiro atoms. The molecule has 0 amide bonds. The van der Waals surface area contributed by atoms with E-state index in [1.807, 2.05) is 29.4 Å². The number of rotatable bonds is 6. The number of likely N-dealkylation sites (N-methyl/N-ethyl adjacent to an activating group) is 1. The molecular formula is C17H25FN6. The van der Waals surface area contributed by atoms with E-state index in [2.05, 4.69) is 45.5 Å². The SMILES string of the molecule is CC(C)n1ccnc1CN(C)C[C@@H]1C[C@H](F)CN1c1cccnn1. The molecule has 24 heavy (non-hydrogen) atoms. The van der Waals surface area contributed by atoms with Crippen molar-refractivity contribution in [1.29, 1.82) is 0 Å². The molecule has 2 aromatic rings. The molecule has 0 aromatic carbocycles. The minimum Gasteiger partial charge on any atom is -0.348 e. The second-order valence-corrected chi connectivity index (χ2v) is 6.76. The maximum Gasteiger partial charge on any atom is 0.151 e. The summed E-state index contributed by atoms with van der Waals surface area (Å²) in [4.78, 5) is 8.69. The van der Waals surface area contributed by atoms with Gasteiger partial charge in [-0.15, -0.1) is 5.10 Å². The van der Waals surface area contributed by atoms with Gasteiger partial charge in [0, 0.05) is 43.6 Å². The zero-order valence-electron chi connectivity index (χ0n) is 14.5. The first-order valence-electron chi connectivity index (χ1n) is 8.43. The van der Waals surface area contributed by atoms with Crippen molar-refractivity contribution < 1.29 is 4.39 Å². The lowest BCUT2D eigenvalue weighted by Gasteiger charge is -2.29. The first-order chi connectivity index (χ1) is 11.5. The highest BCUT2D eigenvalue weighted by Gasteiger charge is 2.33. The molecule has 0 bridgehead atoms.